The van der Waals surface area contributed by atoms with Crippen molar-refractivity contribution < 1.29 is 4.79 Å². The van der Waals surface area contributed by atoms with Gasteiger partial charge in [0.05, 0.1) is 5.39 Å². The van der Waals surface area contributed by atoms with Gasteiger partial charge >= 0.3 is 0 Å². The Labute approximate surface area is 160 Å². The van der Waals surface area contributed by atoms with Crippen LogP contribution in [0.1, 0.15) is 37.9 Å². The maximum absolute atomic E-state index is 12.5. The minimum Gasteiger partial charge on any atom is -0.351 e. The Kier molecular flexibility index (Phi) is 5.01. The third kappa shape index (κ3) is 3.44. The van der Waals surface area contributed by atoms with Crippen molar-refractivity contribution in [3.05, 3.63) is 59.9 Å². The minimum atomic E-state index is -0.417. The van der Waals surface area contributed by atoms with Crippen molar-refractivity contribution in [3.63, 3.8) is 0 Å². The van der Waals surface area contributed by atoms with Crippen molar-refractivity contribution in [1.29, 1.82) is 0 Å². The third-order valence-corrected chi connectivity index (χ3v) is 5.93. The normalized spacial score (nSPS) is 11.1. The van der Waals surface area contributed by atoms with Gasteiger partial charge in [-0.3, -0.25) is 14.4 Å². The molecule has 0 unspecified atom stereocenters. The van der Waals surface area contributed by atoms with Gasteiger partial charge in [-0.2, -0.15) is 0 Å². The molecule has 0 aromatic carbocycles. The second kappa shape index (κ2) is 7.11. The van der Waals surface area contributed by atoms with Crippen molar-refractivity contribution in [1.82, 2.24) is 19.9 Å². The van der Waals surface area contributed by atoms with Crippen LogP contribution >= 0.6 is 11.3 Å². The van der Waals surface area contributed by atoms with E-state index in [1.54, 1.807) is 14.0 Å². The number of amides is 1. The number of aromatic amines is 1. The molecule has 8 heteroatoms. The lowest BCUT2D eigenvalue weighted by Gasteiger charge is -2.11. The number of aryl methyl sites for hydroxylation is 4. The molecule has 0 saturated heterocycles. The van der Waals surface area contributed by atoms with Gasteiger partial charge in [-0.25, -0.2) is 4.98 Å². The highest BCUT2D eigenvalue weighted by molar-refractivity contribution is 7.18. The van der Waals surface area contributed by atoms with E-state index in [0.29, 0.717) is 28.0 Å². The number of thiophene rings is 1. The standard InChI is InChI=1S/C19H22N4O3S/c1-9-8-10(2)23(5)19(26)14(9)16(24)20-7-6-13-21-17(25)15-11(3)12(4)27-18(15)22-13/h8H,6-7H2,1-5H3,(H,20,24)(H,21,22,25). The predicted molar refractivity (Wildman–Crippen MR) is 107 cm³/mol. The van der Waals surface area contributed by atoms with Crippen LogP contribution < -0.4 is 16.4 Å². The van der Waals surface area contributed by atoms with Gasteiger partial charge in [0.25, 0.3) is 17.0 Å². The molecule has 0 saturated carbocycles. The molecule has 0 aliphatic carbocycles. The zero-order valence-electron chi connectivity index (χ0n) is 16.0. The first-order valence-corrected chi connectivity index (χ1v) is 9.46. The molecule has 0 atom stereocenters. The van der Waals surface area contributed by atoms with E-state index in [-0.39, 0.29) is 23.2 Å². The van der Waals surface area contributed by atoms with Gasteiger partial charge in [0.2, 0.25) is 0 Å². The largest absolute Gasteiger partial charge is 0.351 e. The van der Waals surface area contributed by atoms with E-state index in [4.69, 9.17) is 0 Å². The van der Waals surface area contributed by atoms with Crippen LogP contribution in [0.4, 0.5) is 0 Å². The van der Waals surface area contributed by atoms with Gasteiger partial charge in [-0.1, -0.05) is 0 Å². The first-order chi connectivity index (χ1) is 12.7. The number of pyridine rings is 1. The fourth-order valence-electron chi connectivity index (χ4n) is 3.06. The third-order valence-electron chi connectivity index (χ3n) is 4.83. The number of hydrogen-bond donors (Lipinski definition) is 2. The Morgan fingerprint density at radius 1 is 1.26 bits per heavy atom. The van der Waals surface area contributed by atoms with Crippen LogP contribution in [-0.2, 0) is 13.5 Å². The lowest BCUT2D eigenvalue weighted by molar-refractivity contribution is 0.0951. The van der Waals surface area contributed by atoms with Crippen LogP contribution in [0.5, 0.6) is 0 Å². The molecule has 2 N–H and O–H groups in total. The summed E-state index contributed by atoms with van der Waals surface area (Å²) in [7, 11) is 1.64. The van der Waals surface area contributed by atoms with Crippen LogP contribution in [0, 0.1) is 27.7 Å². The fraction of sp³-hybridized carbons (Fsp3) is 0.368. The SMILES string of the molecule is Cc1cc(C)n(C)c(=O)c1C(=O)NCCc1nc2sc(C)c(C)c2c(=O)[nH]1. The summed E-state index contributed by atoms with van der Waals surface area (Å²) in [6.45, 7) is 7.72. The van der Waals surface area contributed by atoms with Gasteiger partial charge in [-0.05, 0) is 44.9 Å². The molecule has 0 fully saturated rings. The quantitative estimate of drug-likeness (QED) is 0.716. The summed E-state index contributed by atoms with van der Waals surface area (Å²) in [6, 6.07) is 1.81. The zero-order chi connectivity index (χ0) is 19.9. The van der Waals surface area contributed by atoms with Crippen LogP contribution in [0.2, 0.25) is 0 Å². The maximum atomic E-state index is 12.5. The fourth-order valence-corrected chi connectivity index (χ4v) is 4.10. The van der Waals surface area contributed by atoms with Gasteiger partial charge in [0, 0.05) is 30.6 Å². The molecule has 0 aliphatic heterocycles. The molecule has 3 heterocycles. The number of rotatable bonds is 4. The predicted octanol–water partition coefficient (Wildman–Crippen LogP) is 1.89. The summed E-state index contributed by atoms with van der Waals surface area (Å²) >= 11 is 1.49. The summed E-state index contributed by atoms with van der Waals surface area (Å²) < 4.78 is 1.45. The Hall–Kier alpha value is -2.74. The molecule has 27 heavy (non-hydrogen) atoms. The summed E-state index contributed by atoms with van der Waals surface area (Å²) in [4.78, 5) is 46.1. The highest BCUT2D eigenvalue weighted by atomic mass is 32.1. The van der Waals surface area contributed by atoms with E-state index in [1.165, 1.54) is 15.9 Å². The number of fused-ring (bicyclic) bond motifs is 1. The van der Waals surface area contributed by atoms with E-state index in [2.05, 4.69) is 15.3 Å². The molecule has 0 aliphatic rings. The van der Waals surface area contributed by atoms with Crippen LogP contribution in [0.25, 0.3) is 10.2 Å². The van der Waals surface area contributed by atoms with Crippen molar-refractivity contribution in [2.75, 3.05) is 6.54 Å². The molecular weight excluding hydrogens is 364 g/mol. The Morgan fingerprint density at radius 3 is 2.67 bits per heavy atom. The van der Waals surface area contributed by atoms with Crippen LogP contribution in [0.15, 0.2) is 15.7 Å². The van der Waals surface area contributed by atoms with Gasteiger partial charge in [-0.15, -0.1) is 11.3 Å². The average Bonchev–Trinajstić information content (AvgIpc) is 2.87. The molecule has 0 radical (unpaired) electrons. The molecule has 142 valence electrons. The summed E-state index contributed by atoms with van der Waals surface area (Å²) in [5.41, 5.74) is 2.06. The smallest absolute Gasteiger partial charge is 0.263 e. The summed E-state index contributed by atoms with van der Waals surface area (Å²) in [6.07, 6.45) is 0.373. The second-order valence-corrected chi connectivity index (χ2v) is 7.89. The summed E-state index contributed by atoms with van der Waals surface area (Å²) in [5.74, 6) is 0.0990. The molecule has 7 nitrogen and oxygen atoms in total. The highest BCUT2D eigenvalue weighted by Crippen LogP contribution is 2.25. The average molecular weight is 386 g/mol. The molecular formula is C19H22N4O3S. The zero-order valence-corrected chi connectivity index (χ0v) is 16.8. The number of nitrogens with one attached hydrogen (secondary N) is 2. The number of carbonyl (C=O) groups is 1. The Bertz CT molecular complexity index is 1170. The van der Waals surface area contributed by atoms with Crippen LogP contribution in [-0.4, -0.2) is 27.0 Å². The number of nitrogens with zero attached hydrogens (tertiary/aromatic N) is 2. The lowest BCUT2D eigenvalue weighted by Crippen LogP contribution is -2.35. The maximum Gasteiger partial charge on any atom is 0.263 e. The number of H-pyrrole nitrogens is 1. The summed E-state index contributed by atoms with van der Waals surface area (Å²) in [5, 5.41) is 3.38. The topological polar surface area (TPSA) is 96.8 Å². The highest BCUT2D eigenvalue weighted by Gasteiger charge is 2.16. The minimum absolute atomic E-state index is 0.143. The van der Waals surface area contributed by atoms with Gasteiger partial charge in [0.1, 0.15) is 16.2 Å². The second-order valence-electron chi connectivity index (χ2n) is 6.69. The molecule has 0 bridgehead atoms. The number of carbonyl (C=O) groups excluding carboxylic acids is 1. The molecule has 3 aromatic rings. The lowest BCUT2D eigenvalue weighted by atomic mass is 10.1. The van der Waals surface area contributed by atoms with E-state index in [9.17, 15) is 14.4 Å². The number of aromatic nitrogens is 3. The first-order valence-electron chi connectivity index (χ1n) is 8.65. The first kappa shape index (κ1) is 19.0. The molecule has 3 aromatic heterocycles. The molecule has 0 spiro atoms. The monoisotopic (exact) mass is 386 g/mol. The van der Waals surface area contributed by atoms with Crippen molar-refractivity contribution in [3.8, 4) is 0 Å². The molecule has 1 amide bonds. The van der Waals surface area contributed by atoms with E-state index >= 15 is 0 Å². The molecule has 3 rings (SSSR count). The van der Waals surface area contributed by atoms with Crippen molar-refractivity contribution in [2.24, 2.45) is 7.05 Å². The van der Waals surface area contributed by atoms with Gasteiger partial charge in [0.15, 0.2) is 0 Å². The Balaban J connectivity index is 1.77. The Morgan fingerprint density at radius 2 is 1.96 bits per heavy atom. The van der Waals surface area contributed by atoms with Crippen LogP contribution in [0.3, 0.4) is 0 Å². The number of hydrogen-bond acceptors (Lipinski definition) is 5. The van der Waals surface area contributed by atoms with Gasteiger partial charge < -0.3 is 14.9 Å². The van der Waals surface area contributed by atoms with Crippen molar-refractivity contribution >= 4 is 27.5 Å². The van der Waals surface area contributed by atoms with E-state index in [0.717, 1.165) is 16.1 Å². The van der Waals surface area contributed by atoms with Crippen molar-refractivity contribution in [2.45, 2.75) is 34.1 Å². The van der Waals surface area contributed by atoms with E-state index in [1.807, 2.05) is 26.8 Å². The van der Waals surface area contributed by atoms with E-state index < -0.39 is 5.91 Å².